The van der Waals surface area contributed by atoms with Gasteiger partial charge in [0.25, 0.3) is 0 Å². The number of carbonyl (C=O) groups is 9. The van der Waals surface area contributed by atoms with Gasteiger partial charge in [0, 0.05) is 26.1 Å². The maximum absolute atomic E-state index is 11.6. The van der Waals surface area contributed by atoms with E-state index >= 15 is 0 Å². The van der Waals surface area contributed by atoms with Crippen molar-refractivity contribution >= 4 is 53.4 Å². The summed E-state index contributed by atoms with van der Waals surface area (Å²) in [5, 5.41) is 39.0. The standard InChI is InChI=1S/2C12H22O3.C12H20O3.2C11H20O3.C11H18O3.C10H16O2.H2/c3*1-3-15-12(14)9(2)8-10-6-4-5-7-11(10)13;3*1-8(11(13)14-2)7-9-5-3-4-6-10(9)12;1-7-6-8-4-2-3-5-9(8)12-10(7)11;/h2*9-11,13H,3-8H2,1-2H3;9-10H,3-8H2,1-2H3;2*8-10,12H,3-7H2,1-2H3;8-9H,3-7H2,1-2H3;7-9H,2-6H2,1H3;1H. The monoisotopic (exact) mass is 1410 g/mol. The molecule has 0 radical (unpaired) electrons. The summed E-state index contributed by atoms with van der Waals surface area (Å²) in [5.74, 6) is 1.27. The van der Waals surface area contributed by atoms with Crippen LogP contribution < -0.4 is 0 Å². The van der Waals surface area contributed by atoms with Gasteiger partial charge in [0.2, 0.25) is 0 Å². The van der Waals surface area contributed by atoms with Crippen molar-refractivity contribution in [3.8, 4) is 0 Å². The third kappa shape index (κ3) is 36.0. The SMILES string of the molecule is CC1CC2CCCCC2OC1=O.CCOC(=O)C(C)CC1CCCCC1=O.CCOC(=O)C(C)CC1CCCCC1O.CCOC(=O)C(C)CC1CCCCC1O.COC(=O)C(C)CC1CCCCC1=O.COC(=O)C(C)CC1CCCCC1O.COC(=O)C(C)CC1CCCCC1O.[HH]. The zero-order valence-corrected chi connectivity index (χ0v) is 63.7. The van der Waals surface area contributed by atoms with Gasteiger partial charge in [-0.15, -0.1) is 0 Å². The lowest BCUT2D eigenvalue weighted by Crippen LogP contribution is -2.38. The van der Waals surface area contributed by atoms with Crippen LogP contribution >= 0.6 is 0 Å². The summed E-state index contributed by atoms with van der Waals surface area (Å²) in [4.78, 5) is 102. The third-order valence-electron chi connectivity index (χ3n) is 21.8. The minimum atomic E-state index is -0.212. The van der Waals surface area contributed by atoms with Crippen molar-refractivity contribution in [3.05, 3.63) is 0 Å². The number of Topliss-reactive ketones (excluding diaryl/α,β-unsaturated/α-hetero) is 2. The molecule has 8 fully saturated rings. The molecular weight excluding hydrogens is 1270 g/mol. The number of carbonyl (C=O) groups excluding carboxylic acids is 9. The number of ketones is 2. The Morgan fingerprint density at radius 2 is 0.646 bits per heavy atom. The molecule has 20 heteroatoms. The first-order valence-electron chi connectivity index (χ1n) is 38.9. The fraction of sp³-hybridized carbons (Fsp3) is 0.886. The van der Waals surface area contributed by atoms with Crippen LogP contribution in [0.25, 0.3) is 0 Å². The van der Waals surface area contributed by atoms with Crippen molar-refractivity contribution in [3.63, 3.8) is 0 Å². The number of esters is 7. The van der Waals surface area contributed by atoms with Crippen molar-refractivity contribution in [1.29, 1.82) is 0 Å². The molecule has 19 unspecified atom stereocenters. The largest absolute Gasteiger partial charge is 0.469 e. The molecule has 8 aliphatic rings. The number of aliphatic hydroxyl groups is 4. The molecular formula is C79H140O20. The predicted octanol–water partition coefficient (Wildman–Crippen LogP) is 14.4. The summed E-state index contributed by atoms with van der Waals surface area (Å²) in [7, 11) is 4.22. The van der Waals surface area contributed by atoms with Gasteiger partial charge >= 0.3 is 41.8 Å². The van der Waals surface area contributed by atoms with E-state index in [1.54, 1.807) is 6.92 Å². The highest BCUT2D eigenvalue weighted by Gasteiger charge is 2.37. The number of rotatable bonds is 21. The molecule has 99 heavy (non-hydrogen) atoms. The van der Waals surface area contributed by atoms with Gasteiger partial charge in [-0.2, -0.15) is 0 Å². The number of aliphatic hydroxyl groups excluding tert-OH is 4. The van der Waals surface area contributed by atoms with Crippen LogP contribution in [0.1, 0.15) is 295 Å². The number of hydrogen-bond donors (Lipinski definition) is 4. The van der Waals surface area contributed by atoms with E-state index in [0.717, 1.165) is 154 Å². The molecule has 20 nitrogen and oxygen atoms in total. The molecule has 0 amide bonds. The van der Waals surface area contributed by atoms with Gasteiger partial charge in [-0.25, -0.2) is 0 Å². The van der Waals surface area contributed by atoms with Crippen LogP contribution in [0, 0.1) is 82.9 Å². The van der Waals surface area contributed by atoms with Crippen LogP contribution in [-0.4, -0.2) is 145 Å². The molecule has 1 aliphatic heterocycles. The van der Waals surface area contributed by atoms with Crippen LogP contribution in [0.15, 0.2) is 0 Å². The quantitative estimate of drug-likeness (QED) is 0.0613. The average molecular weight is 1410 g/mol. The Morgan fingerprint density at radius 1 is 0.384 bits per heavy atom. The number of methoxy groups -OCH3 is 3. The maximum Gasteiger partial charge on any atom is 0.308 e. The number of fused-ring (bicyclic) bond motifs is 1. The van der Waals surface area contributed by atoms with Crippen molar-refractivity contribution in [2.24, 2.45) is 82.9 Å². The summed E-state index contributed by atoms with van der Waals surface area (Å²) >= 11 is 0. The Hall–Kier alpha value is -4.53. The second kappa shape index (κ2) is 51.6. The van der Waals surface area contributed by atoms with Gasteiger partial charge < -0.3 is 53.6 Å². The Bertz CT molecular complexity index is 2230. The van der Waals surface area contributed by atoms with Crippen LogP contribution in [0.2, 0.25) is 0 Å². The molecule has 1 heterocycles. The molecule has 4 N–H and O–H groups in total. The van der Waals surface area contributed by atoms with Crippen LogP contribution in [0.3, 0.4) is 0 Å². The number of ether oxygens (including phenoxy) is 7. The molecule has 0 bridgehead atoms. The predicted molar refractivity (Wildman–Crippen MR) is 382 cm³/mol. The van der Waals surface area contributed by atoms with E-state index in [4.69, 9.17) is 18.9 Å². The Labute approximate surface area is 597 Å². The highest BCUT2D eigenvalue weighted by molar-refractivity contribution is 5.83. The van der Waals surface area contributed by atoms with Crippen molar-refractivity contribution in [2.75, 3.05) is 41.2 Å². The van der Waals surface area contributed by atoms with Crippen LogP contribution in [0.5, 0.6) is 0 Å². The summed E-state index contributed by atoms with van der Waals surface area (Å²) in [6, 6.07) is 0. The summed E-state index contributed by atoms with van der Waals surface area (Å²) < 4.78 is 34.2. The van der Waals surface area contributed by atoms with Gasteiger partial charge in [0.1, 0.15) is 17.7 Å². The first kappa shape index (κ1) is 90.6. The molecule has 0 aromatic rings. The lowest BCUT2D eigenvalue weighted by atomic mass is 9.79. The lowest BCUT2D eigenvalue weighted by molar-refractivity contribution is -0.167. The third-order valence-corrected chi connectivity index (χ3v) is 21.8. The zero-order valence-electron chi connectivity index (χ0n) is 63.7. The van der Waals surface area contributed by atoms with E-state index < -0.39 is 0 Å². The molecule has 0 aromatic carbocycles. The smallest absolute Gasteiger partial charge is 0.308 e. The average Bonchev–Trinajstić information content (AvgIpc) is 0.841. The minimum absolute atomic E-state index is 0. The van der Waals surface area contributed by atoms with E-state index in [1.165, 1.54) is 66.3 Å². The fourth-order valence-corrected chi connectivity index (χ4v) is 15.6. The van der Waals surface area contributed by atoms with Gasteiger partial charge in [0.05, 0.1) is 107 Å². The van der Waals surface area contributed by atoms with E-state index in [0.29, 0.717) is 63.0 Å². The van der Waals surface area contributed by atoms with Crippen molar-refractivity contribution in [2.45, 2.75) is 324 Å². The topological polar surface area (TPSA) is 299 Å². The minimum Gasteiger partial charge on any atom is -0.469 e. The van der Waals surface area contributed by atoms with Gasteiger partial charge in [-0.05, 0) is 192 Å². The molecule has 7 saturated carbocycles. The number of hydrogen-bond acceptors (Lipinski definition) is 20. The van der Waals surface area contributed by atoms with Gasteiger partial charge in [0.15, 0.2) is 0 Å². The maximum atomic E-state index is 11.6. The lowest BCUT2D eigenvalue weighted by Gasteiger charge is -2.37. The highest BCUT2D eigenvalue weighted by Crippen LogP contribution is 2.37. The van der Waals surface area contributed by atoms with Crippen LogP contribution in [-0.2, 0) is 76.3 Å². The molecule has 1 saturated heterocycles. The van der Waals surface area contributed by atoms with Gasteiger partial charge in [-0.3, -0.25) is 43.2 Å². The Balaban J connectivity index is 0.000000583. The van der Waals surface area contributed by atoms with E-state index in [1.807, 2.05) is 62.3 Å². The molecule has 19 atom stereocenters. The molecule has 7 aliphatic carbocycles. The van der Waals surface area contributed by atoms with E-state index in [-0.39, 0.29) is 151 Å². The summed E-state index contributed by atoms with van der Waals surface area (Å²) in [6.45, 7) is 19.9. The van der Waals surface area contributed by atoms with Crippen molar-refractivity contribution in [1.82, 2.24) is 0 Å². The fourth-order valence-electron chi connectivity index (χ4n) is 15.6. The van der Waals surface area contributed by atoms with Crippen molar-refractivity contribution < 1.29 is 98.2 Å². The normalized spacial score (nSPS) is 29.1. The molecule has 0 aromatic heterocycles. The first-order valence-corrected chi connectivity index (χ1v) is 38.9. The van der Waals surface area contributed by atoms with Crippen LogP contribution in [0.4, 0.5) is 0 Å². The molecule has 8 rings (SSSR count). The molecule has 0 spiro atoms. The summed E-state index contributed by atoms with van der Waals surface area (Å²) in [6.07, 6.45) is 34.2. The first-order chi connectivity index (χ1) is 47.2. The second-order valence-corrected chi connectivity index (χ2v) is 30.1. The molecule has 576 valence electrons. The summed E-state index contributed by atoms with van der Waals surface area (Å²) in [5.41, 5.74) is 0. The Kier molecular flexibility index (Phi) is 47.2. The van der Waals surface area contributed by atoms with E-state index in [2.05, 4.69) is 14.2 Å². The van der Waals surface area contributed by atoms with E-state index in [9.17, 15) is 63.6 Å². The second-order valence-electron chi connectivity index (χ2n) is 30.1. The highest BCUT2D eigenvalue weighted by atomic mass is 16.6. The zero-order chi connectivity index (χ0) is 74.0. The Morgan fingerprint density at radius 3 is 0.939 bits per heavy atom. The van der Waals surface area contributed by atoms with Gasteiger partial charge in [-0.1, -0.05) is 119 Å².